The number of ether oxygens (including phenoxy) is 1. The minimum absolute atomic E-state index is 0.108. The molecule has 0 unspecified atom stereocenters. The summed E-state index contributed by atoms with van der Waals surface area (Å²) in [6, 6.07) is 3.35. The Hall–Kier alpha value is -2.20. The number of methoxy groups -OCH3 is 1. The number of aliphatic imine (C=N–C) groups is 1. The van der Waals surface area contributed by atoms with Crippen molar-refractivity contribution in [2.24, 2.45) is 10.9 Å². The number of benzene rings is 1. The van der Waals surface area contributed by atoms with Crippen LogP contribution in [0.1, 0.15) is 18.4 Å². The summed E-state index contributed by atoms with van der Waals surface area (Å²) in [5.41, 5.74) is -1.21. The third-order valence-electron chi connectivity index (χ3n) is 4.72. The van der Waals surface area contributed by atoms with Crippen LogP contribution >= 0.6 is 11.8 Å². The summed E-state index contributed by atoms with van der Waals surface area (Å²) in [6.45, 7) is 0. The first-order chi connectivity index (χ1) is 11.9. The summed E-state index contributed by atoms with van der Waals surface area (Å²) in [5.74, 6) is -0.337. The van der Waals surface area contributed by atoms with Gasteiger partial charge in [-0.25, -0.2) is 9.18 Å². The number of amides is 1. The molecular weight excluding hydrogens is 353 g/mol. The van der Waals surface area contributed by atoms with Crippen molar-refractivity contribution in [3.63, 3.8) is 0 Å². The van der Waals surface area contributed by atoms with Crippen LogP contribution in [0.15, 0.2) is 23.2 Å². The Morgan fingerprint density at radius 3 is 3.00 bits per heavy atom. The minimum atomic E-state index is -1.26. The van der Waals surface area contributed by atoms with Gasteiger partial charge in [0.05, 0.1) is 16.6 Å². The van der Waals surface area contributed by atoms with Crippen molar-refractivity contribution in [3.05, 3.63) is 39.7 Å². The number of nitrogens with one attached hydrogen (secondary N) is 1. The van der Waals surface area contributed by atoms with E-state index in [9.17, 15) is 19.3 Å². The number of hydrogen-bond acceptors (Lipinski definition) is 6. The molecule has 0 aromatic heterocycles. The molecule has 10 heteroatoms. The number of thioether (sulfide) groups is 1. The lowest BCUT2D eigenvalue weighted by atomic mass is 9.80. The second-order valence-corrected chi connectivity index (χ2v) is 6.93. The van der Waals surface area contributed by atoms with Gasteiger partial charge in [0.25, 0.3) is 5.69 Å². The zero-order valence-electron chi connectivity index (χ0n) is 13.3. The highest BCUT2D eigenvalue weighted by molar-refractivity contribution is 8.13. The fraction of sp³-hybridized carbons (Fsp3) is 0.467. The molecule has 0 saturated heterocycles. The molecule has 3 atom stereocenters. The molecule has 1 heterocycles. The molecule has 25 heavy (non-hydrogen) atoms. The Kier molecular flexibility index (Phi) is 4.65. The van der Waals surface area contributed by atoms with Crippen LogP contribution in [0, 0.1) is 21.8 Å². The van der Waals surface area contributed by atoms with Crippen LogP contribution in [0.5, 0.6) is 0 Å². The summed E-state index contributed by atoms with van der Waals surface area (Å²) in [7, 11) is 1.56. The Morgan fingerprint density at radius 2 is 2.36 bits per heavy atom. The standard InChI is InChI=1S/C15H16FN3O5S/c1-24-12-4-5-15(9-6-8(19(22)23)2-3-11(9)16)10(12)7-25-13(18-15)17-14(20)21/h2-3,6,10,12H,4-5,7H2,1H3,(H,17,18)(H,20,21)/t10-,12-,15-/m1/s1. The number of carboxylic acid groups (broad SMARTS) is 1. The molecule has 1 aliphatic carbocycles. The minimum Gasteiger partial charge on any atom is -0.465 e. The lowest BCUT2D eigenvalue weighted by Gasteiger charge is -2.37. The zero-order valence-corrected chi connectivity index (χ0v) is 14.1. The zero-order chi connectivity index (χ0) is 18.2. The van der Waals surface area contributed by atoms with Crippen molar-refractivity contribution < 1.29 is 24.0 Å². The van der Waals surface area contributed by atoms with Gasteiger partial charge in [0.15, 0.2) is 5.17 Å². The molecule has 3 rings (SSSR count). The fourth-order valence-electron chi connectivity index (χ4n) is 3.61. The number of nitrogens with zero attached hydrogens (tertiary/aromatic N) is 2. The molecule has 0 spiro atoms. The van der Waals surface area contributed by atoms with Crippen molar-refractivity contribution in [1.82, 2.24) is 5.32 Å². The highest BCUT2D eigenvalue weighted by Crippen LogP contribution is 2.52. The lowest BCUT2D eigenvalue weighted by molar-refractivity contribution is -0.385. The van der Waals surface area contributed by atoms with E-state index in [1.54, 1.807) is 7.11 Å². The van der Waals surface area contributed by atoms with Gasteiger partial charge in [0.2, 0.25) is 0 Å². The molecule has 0 radical (unpaired) electrons. The van der Waals surface area contributed by atoms with E-state index < -0.39 is 22.4 Å². The van der Waals surface area contributed by atoms with E-state index in [2.05, 4.69) is 10.3 Å². The van der Waals surface area contributed by atoms with E-state index in [-0.39, 0.29) is 28.4 Å². The number of carbonyl (C=O) groups is 1. The SMILES string of the molecule is CO[C@@H]1CC[C@]2(c3cc([N+](=O)[O-])ccc3F)N=C(NC(=O)O)SC[C@H]12. The number of amidine groups is 1. The summed E-state index contributed by atoms with van der Waals surface area (Å²) in [4.78, 5) is 25.9. The van der Waals surface area contributed by atoms with Crippen molar-refractivity contribution in [2.75, 3.05) is 12.9 Å². The number of nitro groups is 1. The summed E-state index contributed by atoms with van der Waals surface area (Å²) in [6.07, 6.45) is -0.421. The van der Waals surface area contributed by atoms with Crippen LogP contribution in [-0.4, -0.2) is 40.3 Å². The number of non-ortho nitro benzene ring substituents is 1. The van der Waals surface area contributed by atoms with Gasteiger partial charge in [-0.2, -0.15) is 0 Å². The fourth-order valence-corrected chi connectivity index (χ4v) is 4.83. The Bertz CT molecular complexity index is 759. The maximum atomic E-state index is 14.6. The molecule has 1 amide bonds. The van der Waals surface area contributed by atoms with Gasteiger partial charge in [-0.1, -0.05) is 11.8 Å². The predicted molar refractivity (Wildman–Crippen MR) is 89.3 cm³/mol. The number of hydrogen-bond donors (Lipinski definition) is 2. The number of halogens is 1. The highest BCUT2D eigenvalue weighted by atomic mass is 32.2. The number of fused-ring (bicyclic) bond motifs is 1. The van der Waals surface area contributed by atoms with Crippen molar-refractivity contribution in [2.45, 2.75) is 24.5 Å². The summed E-state index contributed by atoms with van der Waals surface area (Å²) in [5, 5.41) is 22.4. The second-order valence-electron chi connectivity index (χ2n) is 5.92. The van der Waals surface area contributed by atoms with Crippen molar-refractivity contribution >= 4 is 28.7 Å². The maximum absolute atomic E-state index is 14.6. The number of nitro benzene ring substituents is 1. The summed E-state index contributed by atoms with van der Waals surface area (Å²) >= 11 is 1.22. The molecule has 1 aromatic rings. The van der Waals surface area contributed by atoms with E-state index in [1.165, 1.54) is 17.8 Å². The van der Waals surface area contributed by atoms with E-state index in [4.69, 9.17) is 9.84 Å². The molecular formula is C15H16FN3O5S. The van der Waals surface area contributed by atoms with Gasteiger partial charge >= 0.3 is 6.09 Å². The smallest absolute Gasteiger partial charge is 0.410 e. The second kappa shape index (κ2) is 6.60. The van der Waals surface area contributed by atoms with Gasteiger partial charge in [0.1, 0.15) is 5.82 Å². The van der Waals surface area contributed by atoms with Crippen LogP contribution in [0.4, 0.5) is 14.9 Å². The molecule has 8 nitrogen and oxygen atoms in total. The molecule has 2 N–H and O–H groups in total. The average molecular weight is 369 g/mol. The van der Waals surface area contributed by atoms with Crippen LogP contribution in [-0.2, 0) is 10.3 Å². The average Bonchev–Trinajstić information content (AvgIpc) is 2.93. The molecule has 1 aromatic carbocycles. The molecule has 1 aliphatic heterocycles. The van der Waals surface area contributed by atoms with E-state index in [0.29, 0.717) is 18.6 Å². The molecule has 2 aliphatic rings. The topological polar surface area (TPSA) is 114 Å². The van der Waals surface area contributed by atoms with Crippen LogP contribution < -0.4 is 5.32 Å². The molecule has 134 valence electrons. The van der Waals surface area contributed by atoms with Crippen molar-refractivity contribution in [3.8, 4) is 0 Å². The summed E-state index contributed by atoms with van der Waals surface area (Å²) < 4.78 is 20.1. The first kappa shape index (κ1) is 17.6. The quantitative estimate of drug-likeness (QED) is 0.625. The third kappa shape index (κ3) is 3.07. The van der Waals surface area contributed by atoms with Gasteiger partial charge in [-0.05, 0) is 18.9 Å². The first-order valence-electron chi connectivity index (χ1n) is 7.57. The lowest BCUT2D eigenvalue weighted by Crippen LogP contribution is -2.43. The Morgan fingerprint density at radius 1 is 1.60 bits per heavy atom. The van der Waals surface area contributed by atoms with Gasteiger partial charge in [-0.3, -0.25) is 20.4 Å². The van der Waals surface area contributed by atoms with Gasteiger partial charge in [0, 0.05) is 36.5 Å². The maximum Gasteiger partial charge on any atom is 0.410 e. The first-order valence-corrected chi connectivity index (χ1v) is 8.56. The third-order valence-corrected chi connectivity index (χ3v) is 5.71. The normalized spacial score (nSPS) is 28.2. The van der Waals surface area contributed by atoms with Crippen LogP contribution in [0.25, 0.3) is 0 Å². The monoisotopic (exact) mass is 369 g/mol. The van der Waals surface area contributed by atoms with Crippen LogP contribution in [0.2, 0.25) is 0 Å². The molecule has 1 fully saturated rings. The van der Waals surface area contributed by atoms with E-state index >= 15 is 0 Å². The van der Waals surface area contributed by atoms with E-state index in [1.807, 2.05) is 0 Å². The van der Waals surface area contributed by atoms with Gasteiger partial charge in [-0.15, -0.1) is 0 Å². The van der Waals surface area contributed by atoms with Gasteiger partial charge < -0.3 is 9.84 Å². The van der Waals surface area contributed by atoms with Crippen LogP contribution in [0.3, 0.4) is 0 Å². The molecule has 0 bridgehead atoms. The number of rotatable bonds is 3. The van der Waals surface area contributed by atoms with Crippen molar-refractivity contribution in [1.29, 1.82) is 0 Å². The predicted octanol–water partition coefficient (Wildman–Crippen LogP) is 2.72. The Balaban J connectivity index is 2.14. The molecule has 1 saturated carbocycles. The Labute approximate surface area is 146 Å². The largest absolute Gasteiger partial charge is 0.465 e. The van der Waals surface area contributed by atoms with E-state index in [0.717, 1.165) is 12.1 Å². The highest BCUT2D eigenvalue weighted by Gasteiger charge is 2.53.